The number of rotatable bonds is 4. The Labute approximate surface area is 147 Å². The number of benzene rings is 1. The number of aryl methyl sites for hydroxylation is 1. The Morgan fingerprint density at radius 3 is 2.24 bits per heavy atom. The normalized spacial score (nSPS) is 21.8. The first-order valence-electron chi connectivity index (χ1n) is 8.82. The van der Waals surface area contributed by atoms with Gasteiger partial charge in [-0.15, -0.1) is 0 Å². The largest absolute Gasteiger partial charge is 0.338 e. The molecule has 1 heterocycles. The molecule has 25 heavy (non-hydrogen) atoms. The Kier molecular flexibility index (Phi) is 3.77. The zero-order valence-corrected chi connectivity index (χ0v) is 15.2. The summed E-state index contributed by atoms with van der Waals surface area (Å²) in [6.07, 6.45) is 5.32. The molecule has 2 N–H and O–H groups in total. The summed E-state index contributed by atoms with van der Waals surface area (Å²) in [7, 11) is -3.63. The molecule has 0 aliphatic heterocycles. The molecule has 134 valence electrons. The van der Waals surface area contributed by atoms with Crippen molar-refractivity contribution in [3.63, 3.8) is 0 Å². The van der Waals surface area contributed by atoms with E-state index < -0.39 is 20.1 Å². The highest BCUT2D eigenvalue weighted by Gasteiger charge is 2.53. The standard InChI is InChI=1S/C18H23N3O3S/c1-13-5-7-14(8-6-13)25(22,23)18(11-2-3-12-18)16-20-15(21-24-16)17(19)9-4-10-17/h5-8H,2-4,9-12,19H2,1H3. The van der Waals surface area contributed by atoms with Crippen LogP contribution in [-0.2, 0) is 20.1 Å². The predicted molar refractivity (Wildman–Crippen MR) is 92.5 cm³/mol. The maximum Gasteiger partial charge on any atom is 0.248 e. The summed E-state index contributed by atoms with van der Waals surface area (Å²) < 4.78 is 31.3. The average Bonchev–Trinajstić information content (AvgIpc) is 3.23. The molecule has 0 amide bonds. The van der Waals surface area contributed by atoms with Gasteiger partial charge in [0.25, 0.3) is 0 Å². The fourth-order valence-electron chi connectivity index (χ4n) is 3.88. The minimum absolute atomic E-state index is 0.206. The van der Waals surface area contributed by atoms with E-state index >= 15 is 0 Å². The molecule has 0 spiro atoms. The van der Waals surface area contributed by atoms with Crippen LogP contribution < -0.4 is 5.73 Å². The maximum absolute atomic E-state index is 13.5. The summed E-state index contributed by atoms with van der Waals surface area (Å²) in [4.78, 5) is 4.80. The van der Waals surface area contributed by atoms with Gasteiger partial charge in [-0.2, -0.15) is 4.98 Å². The van der Waals surface area contributed by atoms with Crippen LogP contribution in [-0.4, -0.2) is 18.6 Å². The predicted octanol–water partition coefficient (Wildman–Crippen LogP) is 2.96. The molecule has 0 saturated heterocycles. The van der Waals surface area contributed by atoms with Gasteiger partial charge in [0, 0.05) is 0 Å². The summed E-state index contributed by atoms with van der Waals surface area (Å²) in [5.74, 6) is 0.649. The van der Waals surface area contributed by atoms with Crippen molar-refractivity contribution < 1.29 is 12.9 Å². The van der Waals surface area contributed by atoms with E-state index in [0.717, 1.165) is 37.7 Å². The zero-order chi connectivity index (χ0) is 17.7. The molecule has 0 radical (unpaired) electrons. The fraction of sp³-hybridized carbons (Fsp3) is 0.556. The third kappa shape index (κ3) is 2.44. The SMILES string of the molecule is Cc1ccc(S(=O)(=O)C2(c3nc(C4(N)CCC4)no3)CCCC2)cc1. The van der Waals surface area contributed by atoms with Gasteiger partial charge >= 0.3 is 0 Å². The molecule has 2 aliphatic rings. The van der Waals surface area contributed by atoms with Crippen LogP contribution in [0.15, 0.2) is 33.7 Å². The lowest BCUT2D eigenvalue weighted by Gasteiger charge is -2.34. The van der Waals surface area contributed by atoms with Crippen LogP contribution in [0.1, 0.15) is 62.2 Å². The van der Waals surface area contributed by atoms with Crippen LogP contribution in [0.3, 0.4) is 0 Å². The van der Waals surface area contributed by atoms with E-state index in [1.165, 1.54) is 0 Å². The molecule has 7 heteroatoms. The molecule has 1 aromatic heterocycles. The highest BCUT2D eigenvalue weighted by molar-refractivity contribution is 7.92. The number of nitrogens with two attached hydrogens (primary N) is 1. The Morgan fingerprint density at radius 2 is 1.68 bits per heavy atom. The zero-order valence-electron chi connectivity index (χ0n) is 14.4. The van der Waals surface area contributed by atoms with E-state index in [2.05, 4.69) is 10.1 Å². The third-order valence-corrected chi connectivity index (χ3v) is 8.27. The van der Waals surface area contributed by atoms with E-state index in [9.17, 15) is 8.42 Å². The molecule has 2 fully saturated rings. The highest BCUT2D eigenvalue weighted by atomic mass is 32.2. The molecule has 1 aromatic carbocycles. The van der Waals surface area contributed by atoms with Gasteiger partial charge in [-0.1, -0.05) is 35.7 Å². The lowest BCUT2D eigenvalue weighted by atomic mass is 9.77. The van der Waals surface area contributed by atoms with Crippen LogP contribution in [0.2, 0.25) is 0 Å². The van der Waals surface area contributed by atoms with Crippen molar-refractivity contribution in [1.29, 1.82) is 0 Å². The van der Waals surface area contributed by atoms with E-state index in [0.29, 0.717) is 23.6 Å². The van der Waals surface area contributed by atoms with E-state index in [-0.39, 0.29) is 5.89 Å². The molecular weight excluding hydrogens is 338 g/mol. The molecule has 0 atom stereocenters. The molecule has 0 bridgehead atoms. The van der Waals surface area contributed by atoms with Gasteiger partial charge in [-0.05, 0) is 51.2 Å². The van der Waals surface area contributed by atoms with Gasteiger partial charge in [0.2, 0.25) is 5.89 Å². The summed E-state index contributed by atoms with van der Waals surface area (Å²) in [5.41, 5.74) is 6.74. The van der Waals surface area contributed by atoms with Crippen molar-refractivity contribution in [1.82, 2.24) is 10.1 Å². The second kappa shape index (κ2) is 5.64. The molecule has 6 nitrogen and oxygen atoms in total. The van der Waals surface area contributed by atoms with Crippen molar-refractivity contribution in [3.8, 4) is 0 Å². The van der Waals surface area contributed by atoms with Crippen molar-refractivity contribution >= 4 is 9.84 Å². The van der Waals surface area contributed by atoms with Crippen LogP contribution in [0, 0.1) is 6.92 Å². The average molecular weight is 361 g/mol. The Balaban J connectivity index is 1.79. The van der Waals surface area contributed by atoms with Gasteiger partial charge < -0.3 is 10.3 Å². The van der Waals surface area contributed by atoms with Gasteiger partial charge in [0.05, 0.1) is 10.4 Å². The van der Waals surface area contributed by atoms with E-state index in [1.54, 1.807) is 12.1 Å². The summed E-state index contributed by atoms with van der Waals surface area (Å²) in [6, 6.07) is 6.97. The first-order valence-corrected chi connectivity index (χ1v) is 10.3. The maximum atomic E-state index is 13.5. The number of aromatic nitrogens is 2. The minimum Gasteiger partial charge on any atom is -0.338 e. The summed E-state index contributed by atoms with van der Waals surface area (Å²) in [5, 5.41) is 4.05. The monoisotopic (exact) mass is 361 g/mol. The van der Waals surface area contributed by atoms with Gasteiger partial charge in [-0.25, -0.2) is 8.42 Å². The second-order valence-electron chi connectivity index (χ2n) is 7.45. The third-order valence-electron chi connectivity index (χ3n) is 5.76. The molecule has 2 aliphatic carbocycles. The highest BCUT2D eigenvalue weighted by Crippen LogP contribution is 2.48. The van der Waals surface area contributed by atoms with E-state index in [1.807, 2.05) is 19.1 Å². The van der Waals surface area contributed by atoms with Crippen molar-refractivity contribution in [2.24, 2.45) is 5.73 Å². The first-order chi connectivity index (χ1) is 11.9. The Bertz CT molecular complexity index is 877. The minimum atomic E-state index is -3.63. The van der Waals surface area contributed by atoms with Crippen LogP contribution in [0.25, 0.3) is 0 Å². The number of hydrogen-bond acceptors (Lipinski definition) is 6. The lowest BCUT2D eigenvalue weighted by molar-refractivity contribution is 0.228. The number of nitrogens with zero attached hydrogens (tertiary/aromatic N) is 2. The fourth-order valence-corrected chi connectivity index (χ4v) is 5.96. The molecule has 4 rings (SSSR count). The number of sulfone groups is 1. The summed E-state index contributed by atoms with van der Waals surface area (Å²) >= 11 is 0. The first kappa shape index (κ1) is 16.7. The molecule has 2 saturated carbocycles. The second-order valence-corrected chi connectivity index (χ2v) is 9.71. The van der Waals surface area contributed by atoms with Crippen molar-refractivity contribution in [2.45, 2.75) is 67.1 Å². The molecule has 0 unspecified atom stereocenters. The smallest absolute Gasteiger partial charge is 0.248 e. The van der Waals surface area contributed by atoms with Crippen molar-refractivity contribution in [2.75, 3.05) is 0 Å². The van der Waals surface area contributed by atoms with Crippen LogP contribution in [0.5, 0.6) is 0 Å². The molecular formula is C18H23N3O3S. The van der Waals surface area contributed by atoms with Gasteiger partial charge in [0.15, 0.2) is 20.4 Å². The Morgan fingerprint density at radius 1 is 1.04 bits per heavy atom. The van der Waals surface area contributed by atoms with Crippen LogP contribution >= 0.6 is 0 Å². The lowest BCUT2D eigenvalue weighted by Crippen LogP contribution is -2.44. The van der Waals surface area contributed by atoms with Crippen molar-refractivity contribution in [3.05, 3.63) is 41.5 Å². The summed E-state index contributed by atoms with van der Waals surface area (Å²) in [6.45, 7) is 1.94. The van der Waals surface area contributed by atoms with Gasteiger partial charge in [-0.3, -0.25) is 0 Å². The van der Waals surface area contributed by atoms with Gasteiger partial charge in [0.1, 0.15) is 0 Å². The topological polar surface area (TPSA) is 99.1 Å². The Hall–Kier alpha value is -1.73. The van der Waals surface area contributed by atoms with E-state index in [4.69, 9.17) is 10.3 Å². The molecule has 2 aromatic rings. The number of hydrogen-bond donors (Lipinski definition) is 1. The van der Waals surface area contributed by atoms with Crippen LogP contribution in [0.4, 0.5) is 0 Å². The quantitative estimate of drug-likeness (QED) is 0.899.